The number of rotatable bonds is 8. The molecule has 5 nitrogen and oxygen atoms in total. The Kier molecular flexibility index (Phi) is 9.35. The van der Waals surface area contributed by atoms with Gasteiger partial charge in [0.25, 0.3) is 0 Å². The van der Waals surface area contributed by atoms with E-state index in [9.17, 15) is 0 Å². The summed E-state index contributed by atoms with van der Waals surface area (Å²) >= 11 is 0. The summed E-state index contributed by atoms with van der Waals surface area (Å²) in [6.45, 7) is 3.67. The average molecular weight is 427 g/mol. The van der Waals surface area contributed by atoms with Crippen LogP contribution in [0.5, 0.6) is 0 Å². The van der Waals surface area contributed by atoms with Crippen LogP contribution in [0, 0.1) is 0 Å². The Balaban J connectivity index is 0.00000264. The Hall–Kier alpha value is -1.57. The van der Waals surface area contributed by atoms with Gasteiger partial charge in [-0.05, 0) is 30.2 Å². The predicted molar refractivity (Wildman–Crippen MR) is 106 cm³/mol. The zero-order chi connectivity index (χ0) is 15.6. The third-order valence-electron chi connectivity index (χ3n) is 3.45. The third kappa shape index (κ3) is 7.02. The molecule has 0 saturated carbocycles. The zero-order valence-corrected chi connectivity index (χ0v) is 15.9. The third-order valence-corrected chi connectivity index (χ3v) is 3.45. The number of halogens is 1. The van der Waals surface area contributed by atoms with Crippen molar-refractivity contribution >= 4 is 29.9 Å². The minimum Gasteiger partial charge on any atom is -0.370 e. The van der Waals surface area contributed by atoms with Crippen molar-refractivity contribution in [3.8, 4) is 5.69 Å². The van der Waals surface area contributed by atoms with Crippen molar-refractivity contribution in [2.75, 3.05) is 6.54 Å². The molecule has 1 aromatic heterocycles. The Morgan fingerprint density at radius 3 is 2.87 bits per heavy atom. The number of guanidine groups is 1. The molecular formula is C17H26IN5. The molecule has 126 valence electrons. The summed E-state index contributed by atoms with van der Waals surface area (Å²) < 4.78 is 1.84. The van der Waals surface area contributed by atoms with E-state index < -0.39 is 0 Å². The van der Waals surface area contributed by atoms with Crippen LogP contribution in [0.1, 0.15) is 38.2 Å². The first-order valence-electron chi connectivity index (χ1n) is 7.92. The monoisotopic (exact) mass is 427 g/mol. The average Bonchev–Trinajstić information content (AvgIpc) is 3.07. The van der Waals surface area contributed by atoms with E-state index >= 15 is 0 Å². The lowest BCUT2D eigenvalue weighted by atomic mass is 10.2. The number of hydrogen-bond acceptors (Lipinski definition) is 2. The molecule has 2 aromatic rings. The van der Waals surface area contributed by atoms with Gasteiger partial charge >= 0.3 is 0 Å². The van der Waals surface area contributed by atoms with E-state index in [4.69, 9.17) is 5.73 Å². The van der Waals surface area contributed by atoms with Crippen LogP contribution in [0.3, 0.4) is 0 Å². The van der Waals surface area contributed by atoms with Gasteiger partial charge in [-0.3, -0.25) is 0 Å². The topological polar surface area (TPSA) is 68.2 Å². The molecule has 0 fully saturated rings. The summed E-state index contributed by atoms with van der Waals surface area (Å²) in [5.74, 6) is 0.515. The normalized spacial score (nSPS) is 11.1. The number of unbranched alkanes of at least 4 members (excludes halogenated alkanes) is 3. The molecule has 0 spiro atoms. The van der Waals surface area contributed by atoms with Gasteiger partial charge in [-0.2, -0.15) is 5.10 Å². The van der Waals surface area contributed by atoms with Gasteiger partial charge in [-0.25, -0.2) is 9.67 Å². The zero-order valence-electron chi connectivity index (χ0n) is 13.6. The fourth-order valence-corrected chi connectivity index (χ4v) is 2.22. The molecule has 3 N–H and O–H groups in total. The van der Waals surface area contributed by atoms with Gasteiger partial charge in [0.2, 0.25) is 0 Å². The first-order valence-corrected chi connectivity index (χ1v) is 7.92. The summed E-state index contributed by atoms with van der Waals surface area (Å²) in [6.07, 6.45) is 8.59. The van der Waals surface area contributed by atoms with Gasteiger partial charge in [0.15, 0.2) is 5.96 Å². The molecule has 0 bridgehead atoms. The fraction of sp³-hybridized carbons (Fsp3) is 0.412. The van der Waals surface area contributed by atoms with E-state index in [0.29, 0.717) is 12.5 Å². The molecule has 1 aromatic carbocycles. The van der Waals surface area contributed by atoms with E-state index in [1.54, 1.807) is 6.20 Å². The maximum absolute atomic E-state index is 5.89. The van der Waals surface area contributed by atoms with Gasteiger partial charge in [0.1, 0.15) is 0 Å². The highest BCUT2D eigenvalue weighted by atomic mass is 127. The number of aromatic nitrogens is 2. The van der Waals surface area contributed by atoms with Crippen molar-refractivity contribution in [2.24, 2.45) is 10.7 Å². The highest BCUT2D eigenvalue weighted by molar-refractivity contribution is 14.0. The van der Waals surface area contributed by atoms with Crippen LogP contribution in [0.15, 0.2) is 47.7 Å². The number of nitrogens with one attached hydrogen (secondary N) is 1. The molecule has 0 atom stereocenters. The lowest BCUT2D eigenvalue weighted by molar-refractivity contribution is 0.652. The fourth-order valence-electron chi connectivity index (χ4n) is 2.22. The Labute approximate surface area is 155 Å². The molecule has 6 heteroatoms. The predicted octanol–water partition coefficient (Wildman–Crippen LogP) is 3.47. The minimum atomic E-state index is 0. The molecule has 0 radical (unpaired) electrons. The van der Waals surface area contributed by atoms with E-state index in [2.05, 4.69) is 28.4 Å². The number of nitrogens with zero attached hydrogens (tertiary/aromatic N) is 3. The quantitative estimate of drug-likeness (QED) is 0.293. The van der Waals surface area contributed by atoms with Crippen LogP contribution in [0.25, 0.3) is 5.69 Å². The highest BCUT2D eigenvalue weighted by Crippen LogP contribution is 2.10. The minimum absolute atomic E-state index is 0. The Bertz CT molecular complexity index is 580. The summed E-state index contributed by atoms with van der Waals surface area (Å²) in [5, 5.41) is 7.40. The van der Waals surface area contributed by atoms with Gasteiger partial charge < -0.3 is 11.1 Å². The van der Waals surface area contributed by atoms with Crippen molar-refractivity contribution in [2.45, 2.75) is 39.2 Å². The molecule has 0 saturated heterocycles. The number of benzene rings is 1. The summed E-state index contributed by atoms with van der Waals surface area (Å²) in [7, 11) is 0. The molecule has 0 aliphatic rings. The van der Waals surface area contributed by atoms with Gasteiger partial charge in [0.05, 0.1) is 12.2 Å². The lowest BCUT2D eigenvalue weighted by Crippen LogP contribution is -2.32. The summed E-state index contributed by atoms with van der Waals surface area (Å²) in [5.41, 5.74) is 8.04. The van der Waals surface area contributed by atoms with Crippen LogP contribution in [0.4, 0.5) is 0 Å². The second kappa shape index (κ2) is 11.0. The Morgan fingerprint density at radius 2 is 2.13 bits per heavy atom. The first-order chi connectivity index (χ1) is 10.8. The van der Waals surface area contributed by atoms with Crippen molar-refractivity contribution < 1.29 is 0 Å². The molecule has 0 aliphatic heterocycles. The van der Waals surface area contributed by atoms with Gasteiger partial charge in [-0.1, -0.05) is 38.3 Å². The van der Waals surface area contributed by atoms with Crippen LogP contribution < -0.4 is 11.1 Å². The maximum atomic E-state index is 5.89. The van der Waals surface area contributed by atoms with Crippen molar-refractivity contribution in [3.05, 3.63) is 48.3 Å². The molecule has 0 aliphatic carbocycles. The van der Waals surface area contributed by atoms with Crippen LogP contribution in [0.2, 0.25) is 0 Å². The number of nitrogens with two attached hydrogens (primary N) is 1. The molecule has 0 amide bonds. The molecule has 0 unspecified atom stereocenters. The molecule has 2 rings (SSSR count). The Morgan fingerprint density at radius 1 is 1.26 bits per heavy atom. The van der Waals surface area contributed by atoms with Crippen molar-refractivity contribution in [1.29, 1.82) is 0 Å². The molecule has 23 heavy (non-hydrogen) atoms. The summed E-state index contributed by atoms with van der Waals surface area (Å²) in [4.78, 5) is 4.39. The maximum Gasteiger partial charge on any atom is 0.188 e. The summed E-state index contributed by atoms with van der Waals surface area (Å²) in [6, 6.07) is 10.1. The van der Waals surface area contributed by atoms with Crippen LogP contribution >= 0.6 is 24.0 Å². The SMILES string of the molecule is CCCCCCNC(N)=NCc1cccc(-n2cccn2)c1.I. The molecular weight excluding hydrogens is 401 g/mol. The van der Waals surface area contributed by atoms with E-state index in [0.717, 1.165) is 24.2 Å². The van der Waals surface area contributed by atoms with E-state index in [1.165, 1.54) is 19.3 Å². The van der Waals surface area contributed by atoms with Gasteiger partial charge in [-0.15, -0.1) is 24.0 Å². The first kappa shape index (κ1) is 19.5. The van der Waals surface area contributed by atoms with E-state index in [-0.39, 0.29) is 24.0 Å². The largest absolute Gasteiger partial charge is 0.370 e. The smallest absolute Gasteiger partial charge is 0.188 e. The van der Waals surface area contributed by atoms with Crippen molar-refractivity contribution in [3.63, 3.8) is 0 Å². The van der Waals surface area contributed by atoms with Crippen LogP contribution in [-0.2, 0) is 6.54 Å². The second-order valence-corrected chi connectivity index (χ2v) is 5.31. The molecule has 1 heterocycles. The lowest BCUT2D eigenvalue weighted by Gasteiger charge is -2.06. The number of hydrogen-bond donors (Lipinski definition) is 2. The van der Waals surface area contributed by atoms with Gasteiger partial charge in [0, 0.05) is 18.9 Å². The highest BCUT2D eigenvalue weighted by Gasteiger charge is 1.99. The van der Waals surface area contributed by atoms with Crippen LogP contribution in [-0.4, -0.2) is 22.3 Å². The standard InChI is InChI=1S/C17H25N5.HI/c1-2-3-4-5-10-19-17(18)20-14-15-8-6-9-16(13-15)22-12-7-11-21-22;/h6-9,11-13H,2-5,10,14H2,1H3,(H3,18,19,20);1H. The van der Waals surface area contributed by atoms with Crippen molar-refractivity contribution in [1.82, 2.24) is 15.1 Å². The van der Waals surface area contributed by atoms with E-state index in [1.807, 2.05) is 35.1 Å². The second-order valence-electron chi connectivity index (χ2n) is 5.31. The number of aliphatic imine (C=N–C) groups is 1.